The number of imidazole rings is 1. The number of fused-ring (bicyclic) bond motifs is 1. The Kier molecular flexibility index (Phi) is 2.73. The molecular weight excluding hydrogens is 284 g/mol. The molecule has 0 radical (unpaired) electrons. The smallest absolute Gasteiger partial charge is 0.141 e. The van der Waals surface area contributed by atoms with Crippen molar-refractivity contribution >= 4 is 22.6 Å². The van der Waals surface area contributed by atoms with E-state index in [4.69, 9.17) is 16.6 Å². The fourth-order valence-electron chi connectivity index (χ4n) is 2.77. The predicted molar refractivity (Wildman–Crippen MR) is 84.9 cm³/mol. The van der Waals surface area contributed by atoms with E-state index in [2.05, 4.69) is 4.57 Å². The maximum absolute atomic E-state index is 9.71. The van der Waals surface area contributed by atoms with Gasteiger partial charge in [-0.2, -0.15) is 0 Å². The van der Waals surface area contributed by atoms with Crippen LogP contribution in [0.3, 0.4) is 0 Å². The van der Waals surface area contributed by atoms with Gasteiger partial charge in [-0.3, -0.25) is 0 Å². The Morgan fingerprint density at radius 3 is 2.71 bits per heavy atom. The maximum atomic E-state index is 9.71. The Hall–Kier alpha value is -2.00. The van der Waals surface area contributed by atoms with Crippen molar-refractivity contribution in [1.82, 2.24) is 9.55 Å². The van der Waals surface area contributed by atoms with E-state index >= 15 is 0 Å². The van der Waals surface area contributed by atoms with Gasteiger partial charge in [0.1, 0.15) is 11.6 Å². The molecular formula is C17H15ClN2O. The van der Waals surface area contributed by atoms with Crippen molar-refractivity contribution in [3.05, 3.63) is 47.0 Å². The molecule has 0 bridgehead atoms. The number of aryl methyl sites for hydroxylation is 1. The van der Waals surface area contributed by atoms with Crippen molar-refractivity contribution in [2.75, 3.05) is 0 Å². The van der Waals surface area contributed by atoms with Gasteiger partial charge < -0.3 is 9.67 Å². The molecule has 1 fully saturated rings. The molecule has 0 saturated heterocycles. The van der Waals surface area contributed by atoms with Crippen molar-refractivity contribution < 1.29 is 5.11 Å². The van der Waals surface area contributed by atoms with Crippen LogP contribution in [0.4, 0.5) is 0 Å². The average molecular weight is 299 g/mol. The molecule has 4 heteroatoms. The zero-order valence-electron chi connectivity index (χ0n) is 11.7. The maximum Gasteiger partial charge on any atom is 0.141 e. The number of aromatic hydroxyl groups is 1. The third-order valence-electron chi connectivity index (χ3n) is 4.02. The number of halogens is 1. The van der Waals surface area contributed by atoms with E-state index in [1.165, 1.54) is 12.8 Å². The van der Waals surface area contributed by atoms with Gasteiger partial charge in [0, 0.05) is 16.6 Å². The molecule has 2 aromatic carbocycles. The lowest BCUT2D eigenvalue weighted by Crippen LogP contribution is -1.97. The van der Waals surface area contributed by atoms with Crippen LogP contribution in [-0.4, -0.2) is 14.7 Å². The molecule has 0 unspecified atom stereocenters. The second-order valence-corrected chi connectivity index (χ2v) is 6.11. The highest BCUT2D eigenvalue weighted by Gasteiger charge is 2.28. The number of rotatable bonds is 2. The summed E-state index contributed by atoms with van der Waals surface area (Å²) in [6, 6.07) is 12.0. The Morgan fingerprint density at radius 2 is 2.00 bits per heavy atom. The molecule has 1 saturated carbocycles. The third kappa shape index (κ3) is 2.09. The summed E-state index contributed by atoms with van der Waals surface area (Å²) in [7, 11) is 0. The SMILES string of the molecule is Cc1cc(-c2nc3cc(Cl)ccc3n2C2CC2)ccc1O. The normalized spacial score (nSPS) is 14.8. The topological polar surface area (TPSA) is 38.0 Å². The highest BCUT2D eigenvalue weighted by molar-refractivity contribution is 6.31. The molecule has 1 N–H and O–H groups in total. The first-order chi connectivity index (χ1) is 10.1. The molecule has 1 heterocycles. The number of benzene rings is 2. The van der Waals surface area contributed by atoms with Crippen LogP contribution in [0.15, 0.2) is 36.4 Å². The molecule has 4 rings (SSSR count). The number of aromatic nitrogens is 2. The second kappa shape index (κ2) is 4.50. The van der Waals surface area contributed by atoms with E-state index < -0.39 is 0 Å². The molecule has 0 atom stereocenters. The van der Waals surface area contributed by atoms with Gasteiger partial charge in [-0.1, -0.05) is 11.6 Å². The van der Waals surface area contributed by atoms with Crippen molar-refractivity contribution in [2.24, 2.45) is 0 Å². The van der Waals surface area contributed by atoms with Gasteiger partial charge >= 0.3 is 0 Å². The van der Waals surface area contributed by atoms with Crippen LogP contribution in [0.2, 0.25) is 5.02 Å². The summed E-state index contributed by atoms with van der Waals surface area (Å²) in [4.78, 5) is 4.77. The molecule has 106 valence electrons. The van der Waals surface area contributed by atoms with E-state index in [9.17, 15) is 5.11 Å². The van der Waals surface area contributed by atoms with Gasteiger partial charge in [-0.15, -0.1) is 0 Å². The van der Waals surface area contributed by atoms with Gasteiger partial charge in [0.05, 0.1) is 11.0 Å². The van der Waals surface area contributed by atoms with Crippen LogP contribution in [0.25, 0.3) is 22.4 Å². The Balaban J connectivity index is 1.98. The van der Waals surface area contributed by atoms with Crippen molar-refractivity contribution in [3.8, 4) is 17.1 Å². The highest BCUT2D eigenvalue weighted by atomic mass is 35.5. The zero-order valence-corrected chi connectivity index (χ0v) is 12.4. The second-order valence-electron chi connectivity index (χ2n) is 5.67. The number of nitrogens with zero attached hydrogens (tertiary/aromatic N) is 2. The van der Waals surface area contributed by atoms with Crippen LogP contribution in [0.1, 0.15) is 24.4 Å². The zero-order chi connectivity index (χ0) is 14.6. The van der Waals surface area contributed by atoms with Crippen LogP contribution >= 0.6 is 11.6 Å². The van der Waals surface area contributed by atoms with E-state index in [-0.39, 0.29) is 0 Å². The lowest BCUT2D eigenvalue weighted by Gasteiger charge is -2.09. The van der Waals surface area contributed by atoms with Crippen molar-refractivity contribution in [3.63, 3.8) is 0 Å². The Morgan fingerprint density at radius 1 is 1.19 bits per heavy atom. The largest absolute Gasteiger partial charge is 0.508 e. The quantitative estimate of drug-likeness (QED) is 0.744. The molecule has 0 aliphatic heterocycles. The molecule has 21 heavy (non-hydrogen) atoms. The van der Waals surface area contributed by atoms with Crippen LogP contribution in [0, 0.1) is 6.92 Å². The highest BCUT2D eigenvalue weighted by Crippen LogP contribution is 2.42. The predicted octanol–water partition coefficient (Wildman–Crippen LogP) is 4.71. The Bertz CT molecular complexity index is 849. The van der Waals surface area contributed by atoms with Gasteiger partial charge in [0.2, 0.25) is 0 Å². The summed E-state index contributed by atoms with van der Waals surface area (Å²) in [6.07, 6.45) is 2.39. The fourth-order valence-corrected chi connectivity index (χ4v) is 2.94. The molecule has 0 amide bonds. The minimum absolute atomic E-state index is 0.316. The minimum Gasteiger partial charge on any atom is -0.508 e. The van der Waals surface area contributed by atoms with Gasteiger partial charge in [-0.25, -0.2) is 4.98 Å². The average Bonchev–Trinajstić information content (AvgIpc) is 3.22. The molecule has 3 nitrogen and oxygen atoms in total. The molecule has 1 aromatic heterocycles. The third-order valence-corrected chi connectivity index (χ3v) is 4.25. The summed E-state index contributed by atoms with van der Waals surface area (Å²) >= 11 is 6.09. The van der Waals surface area contributed by atoms with Crippen LogP contribution < -0.4 is 0 Å². The van der Waals surface area contributed by atoms with E-state index in [0.29, 0.717) is 16.8 Å². The summed E-state index contributed by atoms with van der Waals surface area (Å²) in [6.45, 7) is 1.90. The number of phenolic OH excluding ortho intramolecular Hbond substituents is 1. The van der Waals surface area contributed by atoms with E-state index in [1.807, 2.05) is 37.3 Å². The van der Waals surface area contributed by atoms with Crippen molar-refractivity contribution in [1.29, 1.82) is 0 Å². The Labute approximate surface area is 127 Å². The van der Waals surface area contributed by atoms with E-state index in [0.717, 1.165) is 28.0 Å². The summed E-state index contributed by atoms with van der Waals surface area (Å²) < 4.78 is 2.30. The first-order valence-corrected chi connectivity index (χ1v) is 7.49. The number of hydrogen-bond acceptors (Lipinski definition) is 2. The summed E-state index contributed by atoms with van der Waals surface area (Å²) in [5.41, 5.74) is 3.95. The first-order valence-electron chi connectivity index (χ1n) is 7.11. The lowest BCUT2D eigenvalue weighted by atomic mass is 10.1. The van der Waals surface area contributed by atoms with Gasteiger partial charge in [0.15, 0.2) is 0 Å². The van der Waals surface area contributed by atoms with Crippen molar-refractivity contribution in [2.45, 2.75) is 25.8 Å². The van der Waals surface area contributed by atoms with Crippen LogP contribution in [0.5, 0.6) is 5.75 Å². The van der Waals surface area contributed by atoms with E-state index in [1.54, 1.807) is 6.07 Å². The first kappa shape index (κ1) is 12.7. The monoisotopic (exact) mass is 298 g/mol. The minimum atomic E-state index is 0.316. The molecule has 1 aliphatic rings. The molecule has 1 aliphatic carbocycles. The van der Waals surface area contributed by atoms with Crippen LogP contribution in [-0.2, 0) is 0 Å². The summed E-state index contributed by atoms with van der Waals surface area (Å²) in [5, 5.41) is 10.4. The number of hydrogen-bond donors (Lipinski definition) is 1. The standard InChI is InChI=1S/C17H15ClN2O/c1-10-8-11(2-7-16(10)21)17-19-14-9-12(18)3-6-15(14)20(17)13-4-5-13/h2-3,6-9,13,21H,4-5H2,1H3. The van der Waals surface area contributed by atoms with Gasteiger partial charge in [-0.05, 0) is 61.7 Å². The lowest BCUT2D eigenvalue weighted by molar-refractivity contribution is 0.471. The van der Waals surface area contributed by atoms with Gasteiger partial charge in [0.25, 0.3) is 0 Å². The fraction of sp³-hybridized carbons (Fsp3) is 0.235. The number of phenols is 1. The summed E-state index contributed by atoms with van der Waals surface area (Å²) in [5.74, 6) is 1.27. The molecule has 3 aromatic rings. The molecule has 0 spiro atoms.